The fourth-order valence-electron chi connectivity index (χ4n) is 2.88. The Morgan fingerprint density at radius 2 is 1.59 bits per heavy atom. The van der Waals surface area contributed by atoms with E-state index in [4.69, 9.17) is 4.74 Å². The quantitative estimate of drug-likeness (QED) is 0.910. The zero-order valence-electron chi connectivity index (χ0n) is 12.5. The lowest BCUT2D eigenvalue weighted by Gasteiger charge is -2.14. The minimum Gasteiger partial charge on any atom is -0.449 e. The van der Waals surface area contributed by atoms with E-state index in [1.54, 1.807) is 0 Å². The minimum atomic E-state index is -0.335. The third-order valence-electron chi connectivity index (χ3n) is 3.86. The molecule has 116 valence electrons. The van der Waals surface area contributed by atoms with E-state index in [0.29, 0.717) is 13.2 Å². The van der Waals surface area contributed by atoms with Crippen molar-refractivity contribution in [1.82, 2.24) is 5.32 Å². The van der Waals surface area contributed by atoms with Gasteiger partial charge >= 0.3 is 6.09 Å². The van der Waals surface area contributed by atoms with Crippen molar-refractivity contribution in [2.24, 2.45) is 0 Å². The van der Waals surface area contributed by atoms with E-state index in [1.807, 2.05) is 31.2 Å². The molecule has 4 heteroatoms. The van der Waals surface area contributed by atoms with Gasteiger partial charge < -0.3 is 10.1 Å². The van der Waals surface area contributed by atoms with Crippen LogP contribution >= 0.6 is 12.4 Å². The van der Waals surface area contributed by atoms with Gasteiger partial charge in [-0.1, -0.05) is 55.5 Å². The maximum atomic E-state index is 11.6. The van der Waals surface area contributed by atoms with E-state index in [0.717, 1.165) is 6.42 Å². The Kier molecular flexibility index (Phi) is 5.45. The highest BCUT2D eigenvalue weighted by molar-refractivity contribution is 5.85. The first-order valence-electron chi connectivity index (χ1n) is 7.40. The molecule has 3 rings (SSSR count). The maximum absolute atomic E-state index is 11.6. The van der Waals surface area contributed by atoms with Crippen LogP contribution in [-0.4, -0.2) is 19.2 Å². The molecule has 0 bridgehead atoms. The van der Waals surface area contributed by atoms with Crippen LogP contribution in [0.4, 0.5) is 4.79 Å². The van der Waals surface area contributed by atoms with Crippen molar-refractivity contribution >= 4 is 18.5 Å². The largest absolute Gasteiger partial charge is 0.449 e. The van der Waals surface area contributed by atoms with Gasteiger partial charge in [0.1, 0.15) is 6.61 Å². The third kappa shape index (κ3) is 3.09. The zero-order valence-corrected chi connectivity index (χ0v) is 13.4. The Morgan fingerprint density at radius 3 is 2.14 bits per heavy atom. The maximum Gasteiger partial charge on any atom is 0.407 e. The van der Waals surface area contributed by atoms with E-state index in [9.17, 15) is 4.79 Å². The van der Waals surface area contributed by atoms with Crippen LogP contribution in [0.25, 0.3) is 11.1 Å². The number of nitrogens with one attached hydrogen (secondary N) is 1. The predicted octanol–water partition coefficient (Wildman–Crippen LogP) is 4.36. The molecular weight excluding hydrogens is 298 g/mol. The SMILES string of the molecule is CCCNC(=O)OCC1c2ccccc2-c2ccccc21.Cl. The summed E-state index contributed by atoms with van der Waals surface area (Å²) in [6.07, 6.45) is 0.572. The normalized spacial score (nSPS) is 12.0. The van der Waals surface area contributed by atoms with Gasteiger partial charge in [-0.3, -0.25) is 0 Å². The molecule has 0 unspecified atom stereocenters. The summed E-state index contributed by atoms with van der Waals surface area (Å²) < 4.78 is 5.39. The number of fused-ring (bicyclic) bond motifs is 3. The Balaban J connectivity index is 0.00000176. The third-order valence-corrected chi connectivity index (χ3v) is 3.86. The standard InChI is InChI=1S/C18H19NO2.ClH/c1-2-11-19-18(20)21-12-17-15-9-5-3-7-13(15)14-8-4-6-10-16(14)17;/h3-10,17H,2,11-12H2,1H3,(H,19,20);1H. The lowest BCUT2D eigenvalue weighted by molar-refractivity contribution is 0.143. The molecule has 0 aliphatic heterocycles. The Bertz CT molecular complexity index is 612. The summed E-state index contributed by atoms with van der Waals surface area (Å²) in [7, 11) is 0. The number of rotatable bonds is 4. The van der Waals surface area contributed by atoms with E-state index in [1.165, 1.54) is 22.3 Å². The van der Waals surface area contributed by atoms with Crippen molar-refractivity contribution in [3.05, 3.63) is 59.7 Å². The second-order valence-electron chi connectivity index (χ2n) is 5.25. The van der Waals surface area contributed by atoms with Gasteiger partial charge in [0.15, 0.2) is 0 Å². The Morgan fingerprint density at radius 1 is 1.05 bits per heavy atom. The van der Waals surface area contributed by atoms with Gasteiger partial charge in [0.25, 0.3) is 0 Å². The number of hydrogen-bond donors (Lipinski definition) is 1. The first-order valence-corrected chi connectivity index (χ1v) is 7.40. The molecule has 1 aliphatic carbocycles. The molecule has 1 amide bonds. The van der Waals surface area contributed by atoms with E-state index in [2.05, 4.69) is 29.6 Å². The lowest BCUT2D eigenvalue weighted by atomic mass is 9.98. The molecule has 0 saturated carbocycles. The van der Waals surface area contributed by atoms with Crippen molar-refractivity contribution in [3.8, 4) is 11.1 Å². The summed E-state index contributed by atoms with van der Waals surface area (Å²) in [6, 6.07) is 16.7. The predicted molar refractivity (Wildman–Crippen MR) is 90.6 cm³/mol. The van der Waals surface area contributed by atoms with Gasteiger partial charge in [0.2, 0.25) is 0 Å². The fraction of sp³-hybridized carbons (Fsp3) is 0.278. The topological polar surface area (TPSA) is 38.3 Å². The van der Waals surface area contributed by atoms with Gasteiger partial charge in [0, 0.05) is 12.5 Å². The second kappa shape index (κ2) is 7.32. The molecule has 2 aromatic carbocycles. The molecule has 0 fully saturated rings. The highest BCUT2D eigenvalue weighted by atomic mass is 35.5. The second-order valence-corrected chi connectivity index (χ2v) is 5.25. The monoisotopic (exact) mass is 317 g/mol. The number of halogens is 1. The van der Waals surface area contributed by atoms with E-state index >= 15 is 0 Å². The minimum absolute atomic E-state index is 0. The number of carbonyl (C=O) groups is 1. The summed E-state index contributed by atoms with van der Waals surface area (Å²) in [6.45, 7) is 3.05. The van der Waals surface area contributed by atoms with Crippen LogP contribution in [0.2, 0.25) is 0 Å². The van der Waals surface area contributed by atoms with Gasteiger partial charge in [-0.2, -0.15) is 0 Å². The number of benzene rings is 2. The van der Waals surface area contributed by atoms with E-state index < -0.39 is 0 Å². The molecular formula is C18H20ClNO2. The van der Waals surface area contributed by atoms with Gasteiger partial charge in [-0.05, 0) is 28.7 Å². The molecule has 0 radical (unpaired) electrons. The molecule has 0 atom stereocenters. The number of hydrogen-bond acceptors (Lipinski definition) is 2. The zero-order chi connectivity index (χ0) is 14.7. The van der Waals surface area contributed by atoms with Crippen LogP contribution in [0, 0.1) is 0 Å². The highest BCUT2D eigenvalue weighted by Crippen LogP contribution is 2.44. The Hall–Kier alpha value is -2.00. The van der Waals surface area contributed by atoms with Gasteiger partial charge in [-0.15, -0.1) is 12.4 Å². The summed E-state index contributed by atoms with van der Waals surface area (Å²) in [5.41, 5.74) is 4.97. The van der Waals surface area contributed by atoms with Crippen LogP contribution in [0.3, 0.4) is 0 Å². The summed E-state index contributed by atoms with van der Waals surface area (Å²) in [5, 5.41) is 2.74. The van der Waals surface area contributed by atoms with Crippen molar-refractivity contribution in [2.45, 2.75) is 19.3 Å². The van der Waals surface area contributed by atoms with Crippen LogP contribution < -0.4 is 5.32 Å². The molecule has 0 aromatic heterocycles. The van der Waals surface area contributed by atoms with Crippen LogP contribution in [-0.2, 0) is 4.74 Å². The smallest absolute Gasteiger partial charge is 0.407 e. The first kappa shape index (κ1) is 16.4. The molecule has 3 nitrogen and oxygen atoms in total. The number of alkyl carbamates (subject to hydrolysis) is 1. The van der Waals surface area contributed by atoms with Crippen molar-refractivity contribution < 1.29 is 9.53 Å². The molecule has 1 aliphatic rings. The Labute approximate surface area is 137 Å². The highest BCUT2D eigenvalue weighted by Gasteiger charge is 2.28. The van der Waals surface area contributed by atoms with E-state index in [-0.39, 0.29) is 24.4 Å². The molecule has 22 heavy (non-hydrogen) atoms. The summed E-state index contributed by atoms with van der Waals surface area (Å²) >= 11 is 0. The molecule has 0 spiro atoms. The van der Waals surface area contributed by atoms with Gasteiger partial charge in [0.05, 0.1) is 0 Å². The number of amides is 1. The van der Waals surface area contributed by atoms with Crippen molar-refractivity contribution in [1.29, 1.82) is 0 Å². The molecule has 1 N–H and O–H groups in total. The average molecular weight is 318 g/mol. The molecule has 0 heterocycles. The van der Waals surface area contributed by atoms with Gasteiger partial charge in [-0.25, -0.2) is 4.79 Å². The molecule has 2 aromatic rings. The number of carbonyl (C=O) groups excluding carboxylic acids is 1. The fourth-order valence-corrected chi connectivity index (χ4v) is 2.88. The molecule has 0 saturated heterocycles. The first-order chi connectivity index (χ1) is 10.3. The summed E-state index contributed by atoms with van der Waals surface area (Å²) in [4.78, 5) is 11.6. The van der Waals surface area contributed by atoms with Crippen LogP contribution in [0.5, 0.6) is 0 Å². The lowest BCUT2D eigenvalue weighted by Crippen LogP contribution is -2.26. The van der Waals surface area contributed by atoms with Crippen LogP contribution in [0.1, 0.15) is 30.4 Å². The average Bonchev–Trinajstić information content (AvgIpc) is 2.85. The number of ether oxygens (including phenoxy) is 1. The van der Waals surface area contributed by atoms with Crippen LogP contribution in [0.15, 0.2) is 48.5 Å². The summed E-state index contributed by atoms with van der Waals surface area (Å²) in [5.74, 6) is 0.129. The van der Waals surface area contributed by atoms with Crippen molar-refractivity contribution in [2.75, 3.05) is 13.2 Å². The van der Waals surface area contributed by atoms with Crippen molar-refractivity contribution in [3.63, 3.8) is 0 Å².